The third-order valence-corrected chi connectivity index (χ3v) is 4.08. The summed E-state index contributed by atoms with van der Waals surface area (Å²) in [4.78, 5) is 26.9. The van der Waals surface area contributed by atoms with Gasteiger partial charge in [0.1, 0.15) is 5.70 Å². The van der Waals surface area contributed by atoms with Crippen molar-refractivity contribution >= 4 is 23.1 Å². The molecule has 1 heterocycles. The lowest BCUT2D eigenvalue weighted by Crippen LogP contribution is -2.33. The summed E-state index contributed by atoms with van der Waals surface area (Å²) in [6, 6.07) is 17.1. The highest BCUT2D eigenvalue weighted by Gasteiger charge is 2.38. The van der Waals surface area contributed by atoms with E-state index < -0.39 is 0 Å². The van der Waals surface area contributed by atoms with Crippen LogP contribution in [0.4, 0.5) is 5.69 Å². The molecule has 1 aliphatic heterocycles. The fourth-order valence-electron chi connectivity index (χ4n) is 2.84. The Morgan fingerprint density at radius 3 is 2.25 bits per heavy atom. The van der Waals surface area contributed by atoms with Crippen LogP contribution in [-0.4, -0.2) is 23.3 Å². The zero-order chi connectivity index (χ0) is 17.1. The van der Waals surface area contributed by atoms with Crippen molar-refractivity contribution in [2.45, 2.75) is 20.3 Å². The average Bonchev–Trinajstić information content (AvgIpc) is 2.82. The molecule has 0 saturated heterocycles. The molecular weight excluding hydrogens is 300 g/mol. The maximum absolute atomic E-state index is 12.8. The van der Waals surface area contributed by atoms with E-state index in [9.17, 15) is 9.59 Å². The van der Waals surface area contributed by atoms with E-state index in [1.165, 1.54) is 4.90 Å². The lowest BCUT2D eigenvalue weighted by atomic mass is 10.0. The number of nitrogens with one attached hydrogen (secondary N) is 1. The minimum absolute atomic E-state index is 0.232. The van der Waals surface area contributed by atoms with Crippen molar-refractivity contribution in [3.8, 4) is 0 Å². The average molecular weight is 320 g/mol. The van der Waals surface area contributed by atoms with Gasteiger partial charge in [-0.3, -0.25) is 14.5 Å². The molecule has 24 heavy (non-hydrogen) atoms. The molecule has 2 aromatic rings. The van der Waals surface area contributed by atoms with Gasteiger partial charge in [0.05, 0.1) is 5.57 Å². The van der Waals surface area contributed by atoms with Gasteiger partial charge in [0, 0.05) is 12.2 Å². The van der Waals surface area contributed by atoms with Gasteiger partial charge in [-0.1, -0.05) is 55.5 Å². The number of rotatable bonds is 5. The molecule has 4 heteroatoms. The predicted molar refractivity (Wildman–Crippen MR) is 95.2 cm³/mol. The Balaban J connectivity index is 2.08. The highest BCUT2D eigenvalue weighted by molar-refractivity contribution is 6.36. The summed E-state index contributed by atoms with van der Waals surface area (Å²) in [6.45, 7) is 4.35. The molecule has 0 aromatic heterocycles. The van der Waals surface area contributed by atoms with Crippen LogP contribution in [0.2, 0.25) is 0 Å². The van der Waals surface area contributed by atoms with Crippen molar-refractivity contribution < 1.29 is 9.59 Å². The molecule has 0 fully saturated rings. The Hall–Kier alpha value is -2.88. The summed E-state index contributed by atoms with van der Waals surface area (Å²) in [6.07, 6.45) is 0.733. The smallest absolute Gasteiger partial charge is 0.278 e. The van der Waals surface area contributed by atoms with E-state index in [0.717, 1.165) is 23.2 Å². The van der Waals surface area contributed by atoms with Crippen LogP contribution in [0, 0.1) is 6.92 Å². The van der Waals surface area contributed by atoms with E-state index in [1.54, 1.807) is 0 Å². The molecule has 0 bridgehead atoms. The minimum Gasteiger partial charge on any atom is -0.350 e. The van der Waals surface area contributed by atoms with Gasteiger partial charge in [0.25, 0.3) is 11.8 Å². The van der Waals surface area contributed by atoms with Gasteiger partial charge in [-0.25, -0.2) is 0 Å². The second-order valence-corrected chi connectivity index (χ2v) is 5.82. The van der Waals surface area contributed by atoms with E-state index in [4.69, 9.17) is 0 Å². The number of hydrogen-bond acceptors (Lipinski definition) is 3. The van der Waals surface area contributed by atoms with Crippen LogP contribution < -0.4 is 5.32 Å². The van der Waals surface area contributed by atoms with E-state index in [2.05, 4.69) is 5.32 Å². The Kier molecular flexibility index (Phi) is 4.47. The number of hydrogen-bond donors (Lipinski definition) is 1. The number of aryl methyl sites for hydroxylation is 1. The van der Waals surface area contributed by atoms with Gasteiger partial charge in [-0.2, -0.15) is 0 Å². The summed E-state index contributed by atoms with van der Waals surface area (Å²) in [5, 5.41) is 3.19. The molecule has 2 aromatic carbocycles. The van der Waals surface area contributed by atoms with Crippen molar-refractivity contribution in [2.24, 2.45) is 0 Å². The summed E-state index contributed by atoms with van der Waals surface area (Å²) in [5.41, 5.74) is 3.41. The molecule has 3 rings (SSSR count). The fraction of sp³-hybridized carbons (Fsp3) is 0.200. The Bertz CT molecular complexity index is 809. The van der Waals surface area contributed by atoms with Crippen LogP contribution in [0.1, 0.15) is 24.5 Å². The number of carbonyl (C=O) groups excluding carboxylic acids is 2. The van der Waals surface area contributed by atoms with E-state index in [0.29, 0.717) is 17.8 Å². The molecule has 0 aliphatic carbocycles. The maximum Gasteiger partial charge on any atom is 0.278 e. The van der Waals surface area contributed by atoms with Gasteiger partial charge >= 0.3 is 0 Å². The second kappa shape index (κ2) is 6.71. The number of imide groups is 1. The zero-order valence-corrected chi connectivity index (χ0v) is 13.9. The first-order valence-electron chi connectivity index (χ1n) is 8.12. The van der Waals surface area contributed by atoms with Crippen molar-refractivity contribution in [1.29, 1.82) is 0 Å². The summed E-state index contributed by atoms with van der Waals surface area (Å²) in [5.74, 6) is -0.493. The van der Waals surface area contributed by atoms with Gasteiger partial charge in [-0.05, 0) is 30.5 Å². The number of amides is 2. The second-order valence-electron chi connectivity index (χ2n) is 5.82. The largest absolute Gasteiger partial charge is 0.350 e. The molecule has 0 atom stereocenters. The minimum atomic E-state index is -0.260. The third kappa shape index (κ3) is 2.83. The first-order chi connectivity index (χ1) is 11.6. The Labute approximate surface area is 141 Å². The van der Waals surface area contributed by atoms with Gasteiger partial charge < -0.3 is 5.32 Å². The molecule has 1 N–H and O–H groups in total. The monoisotopic (exact) mass is 320 g/mol. The van der Waals surface area contributed by atoms with Crippen LogP contribution in [0.5, 0.6) is 0 Å². The first kappa shape index (κ1) is 16.0. The molecule has 0 spiro atoms. The molecule has 122 valence electrons. The van der Waals surface area contributed by atoms with Gasteiger partial charge in [-0.15, -0.1) is 0 Å². The molecule has 0 radical (unpaired) electrons. The van der Waals surface area contributed by atoms with Crippen LogP contribution in [0.15, 0.2) is 60.3 Å². The van der Waals surface area contributed by atoms with Gasteiger partial charge in [0.15, 0.2) is 0 Å². The highest BCUT2D eigenvalue weighted by atomic mass is 16.2. The molecule has 2 amide bonds. The lowest BCUT2D eigenvalue weighted by Gasteiger charge is -2.14. The number of nitrogens with zero attached hydrogens (tertiary/aromatic N) is 1. The van der Waals surface area contributed by atoms with E-state index >= 15 is 0 Å². The van der Waals surface area contributed by atoms with Crippen molar-refractivity contribution in [2.75, 3.05) is 11.9 Å². The summed E-state index contributed by atoms with van der Waals surface area (Å²) < 4.78 is 0. The zero-order valence-electron chi connectivity index (χ0n) is 13.9. The van der Waals surface area contributed by atoms with Crippen molar-refractivity contribution in [3.05, 3.63) is 71.4 Å². The number of para-hydroxylation sites is 1. The van der Waals surface area contributed by atoms with Gasteiger partial charge in [0.2, 0.25) is 0 Å². The molecule has 4 nitrogen and oxygen atoms in total. The number of anilines is 1. The Morgan fingerprint density at radius 2 is 1.58 bits per heavy atom. The highest BCUT2D eigenvalue weighted by Crippen LogP contribution is 2.31. The summed E-state index contributed by atoms with van der Waals surface area (Å²) >= 11 is 0. The SMILES string of the molecule is CCCN1C(=O)C(Nc2ccccc2C)=C(c2ccccc2)C1=O. The standard InChI is InChI=1S/C20H20N2O2/c1-3-13-22-19(23)17(15-10-5-4-6-11-15)18(20(22)24)21-16-12-8-7-9-14(16)2/h4-12,21H,3,13H2,1-2H3. The Morgan fingerprint density at radius 1 is 0.917 bits per heavy atom. The van der Waals surface area contributed by atoms with Crippen LogP contribution in [0.3, 0.4) is 0 Å². The normalized spacial score (nSPS) is 14.5. The number of benzene rings is 2. The van der Waals surface area contributed by atoms with Crippen molar-refractivity contribution in [1.82, 2.24) is 4.90 Å². The topological polar surface area (TPSA) is 49.4 Å². The predicted octanol–water partition coefficient (Wildman–Crippen LogP) is 3.60. The molecule has 0 saturated carbocycles. The third-order valence-electron chi connectivity index (χ3n) is 4.08. The summed E-state index contributed by atoms with van der Waals surface area (Å²) in [7, 11) is 0. The molecule has 1 aliphatic rings. The quantitative estimate of drug-likeness (QED) is 0.856. The molecule has 0 unspecified atom stereocenters. The fourth-order valence-corrected chi connectivity index (χ4v) is 2.84. The first-order valence-corrected chi connectivity index (χ1v) is 8.12. The van der Waals surface area contributed by atoms with Crippen LogP contribution in [0.25, 0.3) is 5.57 Å². The lowest BCUT2D eigenvalue weighted by molar-refractivity contribution is -0.136. The maximum atomic E-state index is 12.8. The van der Waals surface area contributed by atoms with Crippen LogP contribution in [-0.2, 0) is 9.59 Å². The molecular formula is C20H20N2O2. The van der Waals surface area contributed by atoms with E-state index in [1.807, 2.05) is 68.4 Å². The van der Waals surface area contributed by atoms with Crippen LogP contribution >= 0.6 is 0 Å². The van der Waals surface area contributed by atoms with Crippen molar-refractivity contribution in [3.63, 3.8) is 0 Å². The number of carbonyl (C=O) groups is 2. The van der Waals surface area contributed by atoms with E-state index in [-0.39, 0.29) is 11.8 Å².